The minimum atomic E-state index is 0.0949. The van der Waals surface area contributed by atoms with Crippen LogP contribution in [0.25, 0.3) is 33.0 Å². The maximum absolute atomic E-state index is 6.17. The van der Waals surface area contributed by atoms with Crippen LogP contribution in [0.4, 0.5) is 0 Å². The predicted octanol–water partition coefficient (Wildman–Crippen LogP) is 8.88. The highest BCUT2D eigenvalue weighted by atomic mass is 16.5. The van der Waals surface area contributed by atoms with E-state index < -0.39 is 0 Å². The number of aromatic nitrogens is 1. The molecule has 0 bridgehead atoms. The maximum atomic E-state index is 6.17. The summed E-state index contributed by atoms with van der Waals surface area (Å²) in [6.45, 7) is 0. The van der Waals surface area contributed by atoms with Gasteiger partial charge in [-0.1, -0.05) is 103 Å². The Morgan fingerprint density at radius 3 is 2.29 bits per heavy atom. The Morgan fingerprint density at radius 1 is 0.711 bits per heavy atom. The van der Waals surface area contributed by atoms with E-state index in [1.807, 2.05) is 6.07 Å². The van der Waals surface area contributed by atoms with E-state index in [-0.39, 0.29) is 18.1 Å². The van der Waals surface area contributed by atoms with Crippen molar-refractivity contribution in [2.24, 2.45) is 0 Å². The van der Waals surface area contributed by atoms with Crippen molar-refractivity contribution < 1.29 is 4.74 Å². The molecule has 3 aliphatic rings. The van der Waals surface area contributed by atoms with Crippen LogP contribution in [0, 0.1) is 0 Å². The Balaban J connectivity index is 1.14. The fourth-order valence-electron chi connectivity index (χ4n) is 6.50. The summed E-state index contributed by atoms with van der Waals surface area (Å²) in [4.78, 5) is 0. The third-order valence-electron chi connectivity index (χ3n) is 8.30. The van der Waals surface area contributed by atoms with Gasteiger partial charge in [-0.2, -0.15) is 0 Å². The highest BCUT2D eigenvalue weighted by molar-refractivity contribution is 6.08. The summed E-state index contributed by atoms with van der Waals surface area (Å²) in [7, 11) is 0. The molecule has 0 radical (unpaired) electrons. The molecule has 1 aromatic heterocycles. The van der Waals surface area contributed by atoms with E-state index in [4.69, 9.17) is 4.74 Å². The zero-order chi connectivity index (χ0) is 25.1. The van der Waals surface area contributed by atoms with Crippen LogP contribution in [0.15, 0.2) is 134 Å². The van der Waals surface area contributed by atoms with Gasteiger partial charge in [-0.15, -0.1) is 0 Å². The first-order chi connectivity index (χ1) is 18.8. The van der Waals surface area contributed by atoms with Crippen molar-refractivity contribution in [2.75, 3.05) is 0 Å². The SMILES string of the molecule is C1=CC(n2c3ccccc3c3ccccc32)CC(c2cccc(C3=CC4c5ccccc5OC4C=C3)c2)=C1. The predicted molar refractivity (Wildman–Crippen MR) is 157 cm³/mol. The first-order valence-corrected chi connectivity index (χ1v) is 13.4. The van der Waals surface area contributed by atoms with Gasteiger partial charge in [0.25, 0.3) is 0 Å². The number of ether oxygens (including phenoxy) is 1. The minimum Gasteiger partial charge on any atom is -0.485 e. The third kappa shape index (κ3) is 3.34. The Kier molecular flexibility index (Phi) is 4.81. The summed E-state index contributed by atoms with van der Waals surface area (Å²) in [5.41, 5.74) is 9.05. The highest BCUT2D eigenvalue weighted by Gasteiger charge is 2.33. The Labute approximate surface area is 222 Å². The molecule has 2 heteroatoms. The average Bonchev–Trinajstić information content (AvgIpc) is 3.53. The summed E-state index contributed by atoms with van der Waals surface area (Å²) in [6, 6.07) is 35.3. The molecule has 3 unspecified atom stereocenters. The molecule has 2 nitrogen and oxygen atoms in total. The van der Waals surface area contributed by atoms with E-state index in [0.717, 1.165) is 12.2 Å². The fraction of sp³-hybridized carbons (Fsp3) is 0.111. The Bertz CT molecular complexity index is 1790. The quantitative estimate of drug-likeness (QED) is 0.247. The van der Waals surface area contributed by atoms with Gasteiger partial charge in [0.05, 0.1) is 6.04 Å². The molecule has 1 aliphatic heterocycles. The standard InChI is InChI=1S/C36H27NO/c1-4-16-33-29(13-1)30-14-2-5-17-34(30)37(33)28-12-8-11-26(22-28)24-9-7-10-25(21-24)27-19-20-36-32(23-27)31-15-3-6-18-35(31)38-36/h1-21,23,28,32,36H,22H2. The van der Waals surface area contributed by atoms with Gasteiger partial charge in [-0.25, -0.2) is 0 Å². The number of fused-ring (bicyclic) bond motifs is 6. The van der Waals surface area contributed by atoms with Crippen LogP contribution in [0.5, 0.6) is 5.75 Å². The molecule has 3 atom stereocenters. The minimum absolute atomic E-state index is 0.0949. The number of hydrogen-bond donors (Lipinski definition) is 0. The molecule has 8 rings (SSSR count). The Morgan fingerprint density at radius 2 is 1.45 bits per heavy atom. The molecule has 0 N–H and O–H groups in total. The van der Waals surface area contributed by atoms with Crippen molar-refractivity contribution in [3.63, 3.8) is 0 Å². The third-order valence-corrected chi connectivity index (χ3v) is 8.30. The van der Waals surface area contributed by atoms with E-state index in [0.29, 0.717) is 0 Å². The van der Waals surface area contributed by atoms with Gasteiger partial charge >= 0.3 is 0 Å². The van der Waals surface area contributed by atoms with E-state index in [1.54, 1.807) is 0 Å². The van der Waals surface area contributed by atoms with Crippen LogP contribution in [0.1, 0.15) is 35.1 Å². The molecule has 2 aliphatic carbocycles. The first-order valence-electron chi connectivity index (χ1n) is 13.4. The van der Waals surface area contributed by atoms with Gasteiger partial charge in [0, 0.05) is 33.3 Å². The van der Waals surface area contributed by atoms with Gasteiger partial charge in [-0.05, 0) is 59.0 Å². The average molecular weight is 490 g/mol. The van der Waals surface area contributed by atoms with E-state index in [2.05, 4.69) is 132 Å². The number of benzene rings is 4. The van der Waals surface area contributed by atoms with Crippen LogP contribution in [-0.2, 0) is 0 Å². The summed E-state index contributed by atoms with van der Waals surface area (Å²) in [5, 5.41) is 2.64. The van der Waals surface area contributed by atoms with Crippen LogP contribution in [0.3, 0.4) is 0 Å². The van der Waals surface area contributed by atoms with Crippen molar-refractivity contribution in [1.29, 1.82) is 0 Å². The van der Waals surface area contributed by atoms with E-state index in [9.17, 15) is 0 Å². The second-order valence-electron chi connectivity index (χ2n) is 10.5. The van der Waals surface area contributed by atoms with Crippen LogP contribution < -0.4 is 4.74 Å². The number of para-hydroxylation sites is 3. The summed E-state index contributed by atoms with van der Waals surface area (Å²) in [6.07, 6.45) is 14.7. The largest absolute Gasteiger partial charge is 0.485 e. The summed E-state index contributed by atoms with van der Waals surface area (Å²) >= 11 is 0. The molecule has 0 saturated carbocycles. The summed E-state index contributed by atoms with van der Waals surface area (Å²) < 4.78 is 8.69. The zero-order valence-electron chi connectivity index (χ0n) is 21.0. The molecular formula is C36H27NO. The molecule has 0 amide bonds. The van der Waals surface area contributed by atoms with Gasteiger partial charge < -0.3 is 9.30 Å². The van der Waals surface area contributed by atoms with E-state index >= 15 is 0 Å². The number of hydrogen-bond acceptors (Lipinski definition) is 1. The topological polar surface area (TPSA) is 14.2 Å². The smallest absolute Gasteiger partial charge is 0.128 e. The molecule has 4 aromatic carbocycles. The van der Waals surface area contributed by atoms with Crippen molar-refractivity contribution in [3.05, 3.63) is 150 Å². The van der Waals surface area contributed by atoms with Crippen LogP contribution in [-0.4, -0.2) is 10.7 Å². The molecule has 182 valence electrons. The van der Waals surface area contributed by atoms with Crippen molar-refractivity contribution in [1.82, 2.24) is 4.57 Å². The van der Waals surface area contributed by atoms with Crippen molar-refractivity contribution in [3.8, 4) is 5.75 Å². The lowest BCUT2D eigenvalue weighted by Crippen LogP contribution is -2.17. The molecule has 0 saturated heterocycles. The van der Waals surface area contributed by atoms with Crippen molar-refractivity contribution in [2.45, 2.75) is 24.5 Å². The number of rotatable bonds is 3. The molecule has 2 heterocycles. The molecular weight excluding hydrogens is 462 g/mol. The van der Waals surface area contributed by atoms with Crippen LogP contribution in [0.2, 0.25) is 0 Å². The lowest BCUT2D eigenvalue weighted by atomic mass is 9.86. The monoisotopic (exact) mass is 489 g/mol. The van der Waals surface area contributed by atoms with Gasteiger partial charge in [0.2, 0.25) is 0 Å². The highest BCUT2D eigenvalue weighted by Crippen LogP contribution is 2.44. The fourth-order valence-corrected chi connectivity index (χ4v) is 6.50. The van der Waals surface area contributed by atoms with E-state index in [1.165, 1.54) is 49.6 Å². The lowest BCUT2D eigenvalue weighted by Gasteiger charge is -2.23. The number of nitrogens with zero attached hydrogens (tertiary/aromatic N) is 1. The lowest BCUT2D eigenvalue weighted by molar-refractivity contribution is 0.269. The Hall–Kier alpha value is -4.56. The summed E-state index contributed by atoms with van der Waals surface area (Å²) in [5.74, 6) is 1.28. The van der Waals surface area contributed by atoms with Gasteiger partial charge in [0.1, 0.15) is 11.9 Å². The van der Waals surface area contributed by atoms with Crippen LogP contribution >= 0.6 is 0 Å². The second-order valence-corrected chi connectivity index (χ2v) is 10.5. The second kappa shape index (κ2) is 8.49. The molecule has 0 fully saturated rings. The van der Waals surface area contributed by atoms with Gasteiger partial charge in [-0.3, -0.25) is 0 Å². The zero-order valence-corrected chi connectivity index (χ0v) is 21.0. The molecule has 5 aromatic rings. The normalized spacial score (nSPS) is 21.6. The molecule has 38 heavy (non-hydrogen) atoms. The van der Waals surface area contributed by atoms with Crippen molar-refractivity contribution >= 4 is 33.0 Å². The van der Waals surface area contributed by atoms with Gasteiger partial charge in [0.15, 0.2) is 0 Å². The molecule has 0 spiro atoms. The number of allylic oxidation sites excluding steroid dienone is 6. The maximum Gasteiger partial charge on any atom is 0.128 e. The first kappa shape index (κ1) is 21.5.